The molecule has 1 aliphatic heterocycles. The number of hydrazone groups is 1. The van der Waals surface area contributed by atoms with Crippen molar-refractivity contribution in [1.82, 2.24) is 0 Å². The maximum Gasteiger partial charge on any atom is 0.213 e. The molecular formula is C14H22N2O. The molecule has 1 aliphatic rings. The Bertz CT molecular complexity index is 371. The van der Waals surface area contributed by atoms with E-state index >= 15 is 0 Å². The Morgan fingerprint density at radius 2 is 1.76 bits per heavy atom. The van der Waals surface area contributed by atoms with Gasteiger partial charge in [-0.25, -0.2) is 0 Å². The molecule has 17 heavy (non-hydrogen) atoms. The summed E-state index contributed by atoms with van der Waals surface area (Å²) in [6.45, 7) is 9.14. The predicted octanol–water partition coefficient (Wildman–Crippen LogP) is 3.52. The Kier molecular flexibility index (Phi) is 4.55. The zero-order valence-electron chi connectivity index (χ0n) is 11.4. The van der Waals surface area contributed by atoms with Crippen LogP contribution in [0.4, 0.5) is 5.69 Å². The van der Waals surface area contributed by atoms with Crippen molar-refractivity contribution in [2.75, 3.05) is 18.7 Å². The summed E-state index contributed by atoms with van der Waals surface area (Å²) in [6, 6.07) is 10.1. The fourth-order valence-corrected chi connectivity index (χ4v) is 1.79. The van der Waals surface area contributed by atoms with Gasteiger partial charge in [0.05, 0.1) is 24.8 Å². The van der Waals surface area contributed by atoms with E-state index in [0.29, 0.717) is 0 Å². The number of nitrogens with zero attached hydrogens (tertiary/aromatic N) is 2. The number of hydrogen-bond donors (Lipinski definition) is 0. The maximum absolute atomic E-state index is 5.29. The van der Waals surface area contributed by atoms with Crippen molar-refractivity contribution < 1.29 is 4.74 Å². The van der Waals surface area contributed by atoms with E-state index in [2.05, 4.69) is 31.1 Å². The topological polar surface area (TPSA) is 24.8 Å². The van der Waals surface area contributed by atoms with Crippen LogP contribution in [-0.4, -0.2) is 19.6 Å². The van der Waals surface area contributed by atoms with Gasteiger partial charge in [-0.3, -0.25) is 5.01 Å². The first-order chi connectivity index (χ1) is 8.13. The van der Waals surface area contributed by atoms with Gasteiger partial charge in [0.2, 0.25) is 5.90 Å². The van der Waals surface area contributed by atoms with Crippen LogP contribution in [0.3, 0.4) is 0 Å². The molecule has 0 radical (unpaired) electrons. The highest BCUT2D eigenvalue weighted by molar-refractivity contribution is 5.86. The van der Waals surface area contributed by atoms with Crippen molar-refractivity contribution in [1.29, 1.82) is 0 Å². The normalized spacial score (nSPS) is 17.0. The molecule has 1 aromatic carbocycles. The molecule has 0 spiro atoms. The number of anilines is 1. The molecular weight excluding hydrogens is 212 g/mol. The molecule has 0 saturated heterocycles. The van der Waals surface area contributed by atoms with Gasteiger partial charge in [0.15, 0.2) is 0 Å². The van der Waals surface area contributed by atoms with E-state index in [-0.39, 0.29) is 5.41 Å². The van der Waals surface area contributed by atoms with Gasteiger partial charge in [0, 0.05) is 0 Å². The summed E-state index contributed by atoms with van der Waals surface area (Å²) in [6.07, 6.45) is 0. The zero-order valence-corrected chi connectivity index (χ0v) is 11.4. The number of para-hydroxylation sites is 1. The van der Waals surface area contributed by atoms with Crippen LogP contribution in [0.1, 0.15) is 27.7 Å². The van der Waals surface area contributed by atoms with Gasteiger partial charge in [-0.05, 0) is 26.0 Å². The molecule has 0 bridgehead atoms. The van der Waals surface area contributed by atoms with Gasteiger partial charge in [-0.2, -0.15) is 0 Å². The van der Waals surface area contributed by atoms with Gasteiger partial charge < -0.3 is 4.74 Å². The molecule has 0 unspecified atom stereocenters. The zero-order chi connectivity index (χ0) is 12.9. The van der Waals surface area contributed by atoms with Gasteiger partial charge >= 0.3 is 0 Å². The summed E-state index contributed by atoms with van der Waals surface area (Å²) in [4.78, 5) is 0. The Morgan fingerprint density at radius 3 is 2.24 bits per heavy atom. The lowest BCUT2D eigenvalue weighted by molar-refractivity contribution is 0.343. The SMILES string of the molecule is CC.COC1=NN(c2ccccc2)CC1(C)C. The largest absolute Gasteiger partial charge is 0.483 e. The lowest BCUT2D eigenvalue weighted by Gasteiger charge is -2.19. The third-order valence-corrected chi connectivity index (χ3v) is 2.58. The van der Waals surface area contributed by atoms with Crippen LogP contribution >= 0.6 is 0 Å². The molecule has 0 N–H and O–H groups in total. The highest BCUT2D eigenvalue weighted by Gasteiger charge is 2.35. The molecule has 3 heteroatoms. The van der Waals surface area contributed by atoms with Gasteiger partial charge in [0.25, 0.3) is 0 Å². The number of hydrogen-bond acceptors (Lipinski definition) is 3. The van der Waals surface area contributed by atoms with Gasteiger partial charge in [-0.15, -0.1) is 5.10 Å². The molecule has 0 fully saturated rings. The Balaban J connectivity index is 0.000000686. The van der Waals surface area contributed by atoms with Crippen LogP contribution in [0.5, 0.6) is 0 Å². The molecule has 0 atom stereocenters. The molecule has 0 aliphatic carbocycles. The summed E-state index contributed by atoms with van der Waals surface area (Å²) in [5.41, 5.74) is 1.10. The highest BCUT2D eigenvalue weighted by atomic mass is 16.5. The van der Waals surface area contributed by atoms with E-state index in [1.807, 2.05) is 37.1 Å². The van der Waals surface area contributed by atoms with E-state index in [9.17, 15) is 0 Å². The van der Waals surface area contributed by atoms with Gasteiger partial charge in [0.1, 0.15) is 0 Å². The molecule has 0 amide bonds. The Morgan fingerprint density at radius 1 is 1.18 bits per heavy atom. The van der Waals surface area contributed by atoms with Crippen LogP contribution in [0.2, 0.25) is 0 Å². The lowest BCUT2D eigenvalue weighted by Crippen LogP contribution is -2.28. The Hall–Kier alpha value is -1.51. The third-order valence-electron chi connectivity index (χ3n) is 2.58. The van der Waals surface area contributed by atoms with Crippen LogP contribution in [0, 0.1) is 5.41 Å². The average molecular weight is 234 g/mol. The maximum atomic E-state index is 5.29. The molecule has 94 valence electrons. The van der Waals surface area contributed by atoms with E-state index in [1.165, 1.54) is 0 Å². The second kappa shape index (κ2) is 5.71. The minimum Gasteiger partial charge on any atom is -0.483 e. The van der Waals surface area contributed by atoms with Crippen molar-refractivity contribution in [3.05, 3.63) is 30.3 Å². The van der Waals surface area contributed by atoms with Crippen LogP contribution in [0.15, 0.2) is 35.4 Å². The first-order valence-corrected chi connectivity index (χ1v) is 6.09. The summed E-state index contributed by atoms with van der Waals surface area (Å²) in [5, 5.41) is 6.44. The third kappa shape index (κ3) is 2.99. The summed E-state index contributed by atoms with van der Waals surface area (Å²) >= 11 is 0. The molecule has 2 rings (SSSR count). The van der Waals surface area contributed by atoms with E-state index < -0.39 is 0 Å². The minimum atomic E-state index is -0.00933. The van der Waals surface area contributed by atoms with Crippen LogP contribution < -0.4 is 5.01 Å². The van der Waals surface area contributed by atoms with E-state index in [0.717, 1.165) is 18.1 Å². The lowest BCUT2D eigenvalue weighted by atomic mass is 9.94. The van der Waals surface area contributed by atoms with E-state index in [4.69, 9.17) is 4.74 Å². The predicted molar refractivity (Wildman–Crippen MR) is 73.4 cm³/mol. The Labute approximate surface area is 104 Å². The van der Waals surface area contributed by atoms with Crippen molar-refractivity contribution in [3.63, 3.8) is 0 Å². The average Bonchev–Trinajstić information content (AvgIpc) is 2.68. The second-order valence-corrected chi connectivity index (χ2v) is 4.39. The molecule has 1 heterocycles. The van der Waals surface area contributed by atoms with Crippen molar-refractivity contribution in [2.24, 2.45) is 10.5 Å². The quantitative estimate of drug-likeness (QED) is 0.742. The fourth-order valence-electron chi connectivity index (χ4n) is 1.79. The van der Waals surface area contributed by atoms with Crippen LogP contribution in [0.25, 0.3) is 0 Å². The standard InChI is InChI=1S/C12H16N2O.C2H6/c1-12(2)9-14(13-11(12)15-3)10-7-5-4-6-8-10;1-2/h4-8H,9H2,1-3H3;1-2H3. The summed E-state index contributed by atoms with van der Waals surface area (Å²) < 4.78 is 5.29. The van der Waals surface area contributed by atoms with Gasteiger partial charge in [-0.1, -0.05) is 32.0 Å². The minimum absolute atomic E-state index is 0.00933. The molecule has 3 nitrogen and oxygen atoms in total. The van der Waals surface area contributed by atoms with Crippen molar-refractivity contribution in [2.45, 2.75) is 27.7 Å². The number of benzene rings is 1. The smallest absolute Gasteiger partial charge is 0.213 e. The summed E-state index contributed by atoms with van der Waals surface area (Å²) in [7, 11) is 1.68. The monoisotopic (exact) mass is 234 g/mol. The number of methoxy groups -OCH3 is 1. The number of ether oxygens (including phenoxy) is 1. The van der Waals surface area contributed by atoms with Crippen molar-refractivity contribution >= 4 is 11.6 Å². The highest BCUT2D eigenvalue weighted by Crippen LogP contribution is 2.30. The first kappa shape index (κ1) is 13.6. The number of rotatable bonds is 1. The molecule has 0 aromatic heterocycles. The molecule has 0 saturated carbocycles. The van der Waals surface area contributed by atoms with Crippen molar-refractivity contribution in [3.8, 4) is 0 Å². The second-order valence-electron chi connectivity index (χ2n) is 4.39. The summed E-state index contributed by atoms with van der Waals surface area (Å²) in [5.74, 6) is 0.798. The molecule has 1 aromatic rings. The van der Waals surface area contributed by atoms with E-state index in [1.54, 1.807) is 7.11 Å². The first-order valence-electron chi connectivity index (χ1n) is 6.09. The van der Waals surface area contributed by atoms with Crippen LogP contribution in [-0.2, 0) is 4.74 Å². The fraction of sp³-hybridized carbons (Fsp3) is 0.500.